The molecular formula is C20H28FN3O2. The second-order valence-corrected chi connectivity index (χ2v) is 7.47. The maximum absolute atomic E-state index is 13.7. The fourth-order valence-electron chi connectivity index (χ4n) is 4.23. The number of nitrogens with two attached hydrogens (primary N) is 1. The molecule has 2 amide bonds. The van der Waals surface area contributed by atoms with Crippen LogP contribution < -0.4 is 5.73 Å². The summed E-state index contributed by atoms with van der Waals surface area (Å²) >= 11 is 0. The van der Waals surface area contributed by atoms with E-state index in [1.165, 1.54) is 6.07 Å². The van der Waals surface area contributed by atoms with E-state index in [0.717, 1.165) is 63.7 Å². The first-order valence-corrected chi connectivity index (χ1v) is 9.61. The lowest BCUT2D eigenvalue weighted by Gasteiger charge is -2.37. The second kappa shape index (κ2) is 8.62. The highest BCUT2D eigenvalue weighted by atomic mass is 19.1. The highest BCUT2D eigenvalue weighted by molar-refractivity contribution is 5.80. The van der Waals surface area contributed by atoms with Gasteiger partial charge in [0.1, 0.15) is 5.82 Å². The Morgan fingerprint density at radius 3 is 2.54 bits per heavy atom. The van der Waals surface area contributed by atoms with Gasteiger partial charge in [0.2, 0.25) is 11.8 Å². The van der Waals surface area contributed by atoms with Gasteiger partial charge in [-0.15, -0.1) is 0 Å². The van der Waals surface area contributed by atoms with Crippen LogP contribution in [-0.2, 0) is 9.59 Å². The van der Waals surface area contributed by atoms with Gasteiger partial charge in [-0.05, 0) is 56.5 Å². The average molecular weight is 361 g/mol. The Bertz CT molecular complexity index is 644. The van der Waals surface area contributed by atoms with Crippen LogP contribution in [0.5, 0.6) is 0 Å². The summed E-state index contributed by atoms with van der Waals surface area (Å²) in [6, 6.07) is 6.62. The SMILES string of the molecule is NC(=O)CN1CCC(C(=O)N2CCCCC[C@@H]2c2cccc(F)c2)CC1. The molecule has 2 fully saturated rings. The van der Waals surface area contributed by atoms with Crippen LogP contribution in [0.4, 0.5) is 4.39 Å². The first-order valence-electron chi connectivity index (χ1n) is 9.61. The molecule has 2 aliphatic rings. The summed E-state index contributed by atoms with van der Waals surface area (Å²) in [5.41, 5.74) is 6.16. The summed E-state index contributed by atoms with van der Waals surface area (Å²) in [4.78, 5) is 28.3. The molecule has 0 radical (unpaired) electrons. The summed E-state index contributed by atoms with van der Waals surface area (Å²) < 4.78 is 13.7. The quantitative estimate of drug-likeness (QED) is 0.896. The number of carbonyl (C=O) groups is 2. The molecule has 0 bridgehead atoms. The normalized spacial score (nSPS) is 22.8. The molecule has 0 spiro atoms. The second-order valence-electron chi connectivity index (χ2n) is 7.47. The molecule has 2 saturated heterocycles. The minimum absolute atomic E-state index is 0.0201. The minimum Gasteiger partial charge on any atom is -0.369 e. The molecule has 6 heteroatoms. The van der Waals surface area contributed by atoms with Crippen molar-refractivity contribution in [1.29, 1.82) is 0 Å². The third-order valence-corrected chi connectivity index (χ3v) is 5.59. The van der Waals surface area contributed by atoms with E-state index in [1.807, 2.05) is 15.9 Å². The molecule has 2 aliphatic heterocycles. The van der Waals surface area contributed by atoms with Crippen LogP contribution in [0.15, 0.2) is 24.3 Å². The van der Waals surface area contributed by atoms with E-state index in [-0.39, 0.29) is 36.1 Å². The van der Waals surface area contributed by atoms with Gasteiger partial charge < -0.3 is 10.6 Å². The predicted octanol–water partition coefficient (Wildman–Crippen LogP) is 2.47. The van der Waals surface area contributed by atoms with Crippen LogP contribution in [0, 0.1) is 11.7 Å². The first-order chi connectivity index (χ1) is 12.5. The summed E-state index contributed by atoms with van der Waals surface area (Å²) in [5, 5.41) is 0. The van der Waals surface area contributed by atoms with Crippen molar-refractivity contribution >= 4 is 11.8 Å². The molecule has 2 N–H and O–H groups in total. The highest BCUT2D eigenvalue weighted by Gasteiger charge is 2.33. The van der Waals surface area contributed by atoms with Gasteiger partial charge in [-0.3, -0.25) is 14.5 Å². The number of piperidine rings is 1. The lowest BCUT2D eigenvalue weighted by atomic mass is 9.93. The topological polar surface area (TPSA) is 66.6 Å². The van der Waals surface area contributed by atoms with Crippen LogP contribution in [0.3, 0.4) is 0 Å². The number of benzene rings is 1. The molecule has 26 heavy (non-hydrogen) atoms. The van der Waals surface area contributed by atoms with E-state index in [9.17, 15) is 14.0 Å². The number of primary amides is 1. The number of hydrogen-bond acceptors (Lipinski definition) is 3. The molecule has 1 aromatic carbocycles. The standard InChI is InChI=1S/C20H28FN3O2/c21-17-6-4-5-16(13-17)18-7-2-1-3-10-24(18)20(26)15-8-11-23(12-9-15)14-19(22)25/h4-6,13,15,18H,1-3,7-12,14H2,(H2,22,25)/t18-/m1/s1. The zero-order chi connectivity index (χ0) is 18.5. The molecule has 0 unspecified atom stereocenters. The molecule has 1 aromatic rings. The van der Waals surface area contributed by atoms with Gasteiger partial charge in [0.25, 0.3) is 0 Å². The Kier molecular flexibility index (Phi) is 6.25. The number of hydrogen-bond donors (Lipinski definition) is 1. The Hall–Kier alpha value is -1.95. The Morgan fingerprint density at radius 2 is 1.85 bits per heavy atom. The Morgan fingerprint density at radius 1 is 1.08 bits per heavy atom. The zero-order valence-electron chi connectivity index (χ0n) is 15.2. The number of nitrogens with zero attached hydrogens (tertiary/aromatic N) is 2. The molecule has 0 saturated carbocycles. The van der Waals surface area contributed by atoms with Crippen molar-refractivity contribution in [3.63, 3.8) is 0 Å². The zero-order valence-corrected chi connectivity index (χ0v) is 15.2. The molecule has 0 aliphatic carbocycles. The van der Waals surface area contributed by atoms with Gasteiger partial charge in [-0.1, -0.05) is 25.0 Å². The maximum atomic E-state index is 13.7. The van der Waals surface area contributed by atoms with Crippen LogP contribution in [-0.4, -0.2) is 47.8 Å². The van der Waals surface area contributed by atoms with E-state index in [2.05, 4.69) is 0 Å². The van der Waals surface area contributed by atoms with Gasteiger partial charge in [-0.2, -0.15) is 0 Å². The summed E-state index contributed by atoms with van der Waals surface area (Å²) in [6.45, 7) is 2.44. The summed E-state index contributed by atoms with van der Waals surface area (Å²) in [6.07, 6.45) is 5.54. The summed E-state index contributed by atoms with van der Waals surface area (Å²) in [5.74, 6) is -0.416. The van der Waals surface area contributed by atoms with E-state index in [1.54, 1.807) is 12.1 Å². The fourth-order valence-corrected chi connectivity index (χ4v) is 4.23. The van der Waals surface area contributed by atoms with Crippen LogP contribution in [0.2, 0.25) is 0 Å². The molecule has 2 heterocycles. The van der Waals surface area contributed by atoms with E-state index in [0.29, 0.717) is 0 Å². The van der Waals surface area contributed by atoms with Crippen LogP contribution in [0.1, 0.15) is 50.1 Å². The largest absolute Gasteiger partial charge is 0.369 e. The third kappa shape index (κ3) is 4.61. The third-order valence-electron chi connectivity index (χ3n) is 5.59. The van der Waals surface area contributed by atoms with Crippen molar-refractivity contribution < 1.29 is 14.0 Å². The minimum atomic E-state index is -0.325. The summed E-state index contributed by atoms with van der Waals surface area (Å²) in [7, 11) is 0. The van der Waals surface area contributed by atoms with Gasteiger partial charge >= 0.3 is 0 Å². The van der Waals surface area contributed by atoms with Crippen molar-refractivity contribution in [2.75, 3.05) is 26.2 Å². The molecule has 0 aromatic heterocycles. The van der Waals surface area contributed by atoms with Crippen molar-refractivity contribution in [3.8, 4) is 0 Å². The number of rotatable bonds is 4. The highest BCUT2D eigenvalue weighted by Crippen LogP contribution is 2.33. The number of likely N-dealkylation sites (tertiary alicyclic amines) is 2. The average Bonchev–Trinajstić information content (AvgIpc) is 2.87. The smallest absolute Gasteiger partial charge is 0.231 e. The number of amides is 2. The molecule has 1 atom stereocenters. The number of carbonyl (C=O) groups excluding carboxylic acids is 2. The van der Waals surface area contributed by atoms with Crippen molar-refractivity contribution in [1.82, 2.24) is 9.80 Å². The van der Waals surface area contributed by atoms with Crippen molar-refractivity contribution in [2.45, 2.75) is 44.6 Å². The van der Waals surface area contributed by atoms with Crippen molar-refractivity contribution in [3.05, 3.63) is 35.6 Å². The lowest BCUT2D eigenvalue weighted by molar-refractivity contribution is -0.139. The van der Waals surface area contributed by atoms with Crippen LogP contribution >= 0.6 is 0 Å². The number of halogens is 1. The van der Waals surface area contributed by atoms with Gasteiger partial charge in [0, 0.05) is 12.5 Å². The Labute approximate surface area is 154 Å². The van der Waals surface area contributed by atoms with E-state index >= 15 is 0 Å². The molecule has 3 rings (SSSR count). The first kappa shape index (κ1) is 18.8. The van der Waals surface area contributed by atoms with E-state index in [4.69, 9.17) is 5.73 Å². The van der Waals surface area contributed by atoms with E-state index < -0.39 is 0 Å². The maximum Gasteiger partial charge on any atom is 0.231 e. The predicted molar refractivity (Wildman–Crippen MR) is 97.7 cm³/mol. The van der Waals surface area contributed by atoms with Gasteiger partial charge in [0.15, 0.2) is 0 Å². The van der Waals surface area contributed by atoms with Crippen LogP contribution in [0.25, 0.3) is 0 Å². The monoisotopic (exact) mass is 361 g/mol. The fraction of sp³-hybridized carbons (Fsp3) is 0.600. The molecular weight excluding hydrogens is 333 g/mol. The van der Waals surface area contributed by atoms with Gasteiger partial charge in [0.05, 0.1) is 12.6 Å². The van der Waals surface area contributed by atoms with Crippen molar-refractivity contribution in [2.24, 2.45) is 11.7 Å². The molecule has 142 valence electrons. The lowest BCUT2D eigenvalue weighted by Crippen LogP contribution is -2.45. The Balaban J connectivity index is 1.70. The van der Waals surface area contributed by atoms with Gasteiger partial charge in [-0.25, -0.2) is 4.39 Å². The molecule has 5 nitrogen and oxygen atoms in total.